The molecule has 0 spiro atoms. The van der Waals surface area contributed by atoms with Gasteiger partial charge in [0.2, 0.25) is 5.89 Å². The fourth-order valence-corrected chi connectivity index (χ4v) is 7.23. The van der Waals surface area contributed by atoms with Crippen molar-refractivity contribution < 1.29 is 19.1 Å². The van der Waals surface area contributed by atoms with Crippen LogP contribution in [0.15, 0.2) is 83.6 Å². The Balaban J connectivity index is 1.35. The number of halogens is 1. The molecule has 3 aromatic heterocycles. The van der Waals surface area contributed by atoms with Crippen molar-refractivity contribution in [3.8, 4) is 0 Å². The number of aromatic nitrogens is 3. The quantitative estimate of drug-likeness (QED) is 0.164. The molecule has 0 amide bonds. The van der Waals surface area contributed by atoms with Gasteiger partial charge in [-0.25, -0.2) is 9.97 Å². The molecule has 1 saturated heterocycles. The third kappa shape index (κ3) is 5.59. The standard InChI is InChI=1S/C37H34ClN5O4/c1-22-8-3-4-9-27(22)28-10-7-13-37(23(28)2,42-34-32-26(12-14-39-34)16-25(21-44)19-40-32)36-41-30-18-24(17-29(38)33(30)47-36)20-43-15-6-5-11-31(43)35(45)46/h3-4,7-10,12-14,16-19,21,23,31H,5-6,11,15,20H2,1-2H3,(H,39,42)(H,45,46)/t23?,31-,37?/m0/s1. The molecule has 7 rings (SSSR count). The number of carboxylic acid groups (broad SMARTS) is 1. The summed E-state index contributed by atoms with van der Waals surface area (Å²) in [6, 6.07) is 15.1. The van der Waals surface area contributed by atoms with Gasteiger partial charge in [-0.15, -0.1) is 0 Å². The molecule has 0 saturated carbocycles. The number of aliphatic carboxylic acids is 1. The third-order valence-electron chi connectivity index (χ3n) is 9.46. The maximum Gasteiger partial charge on any atom is 0.320 e. The first-order valence-electron chi connectivity index (χ1n) is 15.8. The van der Waals surface area contributed by atoms with Gasteiger partial charge in [-0.3, -0.25) is 19.5 Å². The second-order valence-electron chi connectivity index (χ2n) is 12.4. The number of aldehydes is 1. The second-order valence-corrected chi connectivity index (χ2v) is 12.8. The van der Waals surface area contributed by atoms with Crippen molar-refractivity contribution in [1.82, 2.24) is 19.9 Å². The average molecular weight is 648 g/mol. The van der Waals surface area contributed by atoms with Gasteiger partial charge < -0.3 is 14.8 Å². The summed E-state index contributed by atoms with van der Waals surface area (Å²) in [6.45, 7) is 5.38. The molecule has 3 atom stereocenters. The summed E-state index contributed by atoms with van der Waals surface area (Å²) in [5, 5.41) is 14.7. The minimum Gasteiger partial charge on any atom is -0.480 e. The zero-order chi connectivity index (χ0) is 32.7. The fraction of sp³-hybridized carbons (Fsp3) is 0.270. The lowest BCUT2D eigenvalue weighted by molar-refractivity contribution is -0.144. The van der Waals surface area contributed by atoms with Crippen LogP contribution in [0.4, 0.5) is 5.82 Å². The number of likely N-dealkylation sites (tertiary alicyclic amines) is 1. The number of oxazole rings is 1. The number of piperidine rings is 1. The smallest absolute Gasteiger partial charge is 0.320 e. The Morgan fingerprint density at radius 3 is 2.85 bits per heavy atom. The van der Waals surface area contributed by atoms with Crippen LogP contribution in [0.3, 0.4) is 0 Å². The summed E-state index contributed by atoms with van der Waals surface area (Å²) in [4.78, 5) is 39.8. The topological polar surface area (TPSA) is 121 Å². The van der Waals surface area contributed by atoms with E-state index in [2.05, 4.69) is 47.3 Å². The Morgan fingerprint density at radius 1 is 1.19 bits per heavy atom. The van der Waals surface area contributed by atoms with Gasteiger partial charge in [0, 0.05) is 35.8 Å². The molecule has 4 heterocycles. The molecule has 1 aliphatic carbocycles. The number of nitrogens with one attached hydrogen (secondary N) is 1. The molecule has 238 valence electrons. The van der Waals surface area contributed by atoms with Gasteiger partial charge in [0.05, 0.1) is 5.02 Å². The molecule has 10 heteroatoms. The predicted octanol–water partition coefficient (Wildman–Crippen LogP) is 7.58. The SMILES string of the molecule is Cc1ccccc1C1=CC=CC(Nc2nccc3cc(C=O)cnc23)(c2nc3cc(CN4CCCC[C@H]4C(=O)O)cc(Cl)c3o2)C1C. The normalized spacial score (nSPS) is 21.6. The number of pyridine rings is 2. The lowest BCUT2D eigenvalue weighted by atomic mass is 9.73. The molecule has 0 bridgehead atoms. The average Bonchev–Trinajstić information content (AvgIpc) is 3.52. The van der Waals surface area contributed by atoms with Crippen molar-refractivity contribution in [2.75, 3.05) is 11.9 Å². The van der Waals surface area contributed by atoms with E-state index in [0.29, 0.717) is 58.4 Å². The third-order valence-corrected chi connectivity index (χ3v) is 9.75. The Kier molecular flexibility index (Phi) is 8.11. The van der Waals surface area contributed by atoms with Crippen LogP contribution in [0.5, 0.6) is 0 Å². The first-order valence-corrected chi connectivity index (χ1v) is 16.1. The van der Waals surface area contributed by atoms with Crippen molar-refractivity contribution in [1.29, 1.82) is 0 Å². The summed E-state index contributed by atoms with van der Waals surface area (Å²) in [7, 11) is 0. The van der Waals surface area contributed by atoms with Crippen LogP contribution in [0.25, 0.3) is 27.6 Å². The van der Waals surface area contributed by atoms with Crippen LogP contribution in [-0.2, 0) is 16.9 Å². The molecule has 2 aromatic carbocycles. The number of aryl methyl sites for hydroxylation is 1. The molecular weight excluding hydrogens is 614 g/mol. The van der Waals surface area contributed by atoms with Crippen molar-refractivity contribution in [3.05, 3.63) is 112 Å². The van der Waals surface area contributed by atoms with Gasteiger partial charge in [-0.1, -0.05) is 61.4 Å². The van der Waals surface area contributed by atoms with Crippen molar-refractivity contribution in [2.45, 2.75) is 51.2 Å². The Bertz CT molecular complexity index is 2090. The highest BCUT2D eigenvalue weighted by atomic mass is 35.5. The first-order chi connectivity index (χ1) is 22.8. The van der Waals surface area contributed by atoms with E-state index in [4.69, 9.17) is 21.0 Å². The zero-order valence-corrected chi connectivity index (χ0v) is 26.9. The molecule has 47 heavy (non-hydrogen) atoms. The molecule has 0 radical (unpaired) electrons. The van der Waals surface area contributed by atoms with Crippen LogP contribution in [-0.4, -0.2) is 49.8 Å². The van der Waals surface area contributed by atoms with E-state index in [0.717, 1.165) is 46.8 Å². The van der Waals surface area contributed by atoms with Crippen LogP contribution < -0.4 is 5.32 Å². The largest absolute Gasteiger partial charge is 0.480 e. The Morgan fingerprint density at radius 2 is 2.04 bits per heavy atom. The van der Waals surface area contributed by atoms with E-state index in [1.54, 1.807) is 12.3 Å². The number of rotatable bonds is 8. The highest BCUT2D eigenvalue weighted by Gasteiger charge is 2.45. The van der Waals surface area contributed by atoms with Gasteiger partial charge >= 0.3 is 5.97 Å². The van der Waals surface area contributed by atoms with Gasteiger partial charge in [0.15, 0.2) is 17.7 Å². The highest BCUT2D eigenvalue weighted by molar-refractivity contribution is 6.34. The van der Waals surface area contributed by atoms with E-state index in [1.807, 2.05) is 47.4 Å². The number of carbonyl (C=O) groups excluding carboxylic acids is 1. The van der Waals surface area contributed by atoms with Gasteiger partial charge in [0.25, 0.3) is 0 Å². The van der Waals surface area contributed by atoms with Crippen molar-refractivity contribution >= 4 is 57.3 Å². The number of hydrogen-bond acceptors (Lipinski definition) is 8. The number of carbonyl (C=O) groups is 2. The zero-order valence-electron chi connectivity index (χ0n) is 26.1. The van der Waals surface area contributed by atoms with E-state index in [-0.39, 0.29) is 5.92 Å². The lowest BCUT2D eigenvalue weighted by Crippen LogP contribution is -2.43. The van der Waals surface area contributed by atoms with Crippen LogP contribution >= 0.6 is 11.6 Å². The Hall–Kier alpha value is -4.86. The lowest BCUT2D eigenvalue weighted by Gasteiger charge is -2.39. The summed E-state index contributed by atoms with van der Waals surface area (Å²) < 4.78 is 6.57. The maximum absolute atomic E-state index is 12.0. The summed E-state index contributed by atoms with van der Waals surface area (Å²) in [6.07, 6.45) is 12.6. The second kappa shape index (κ2) is 12.4. The summed E-state index contributed by atoms with van der Waals surface area (Å²) in [5.41, 5.74) is 5.32. The molecular formula is C37H34ClN5O4. The van der Waals surface area contributed by atoms with Crippen molar-refractivity contribution in [3.63, 3.8) is 0 Å². The van der Waals surface area contributed by atoms with E-state index in [9.17, 15) is 14.7 Å². The van der Waals surface area contributed by atoms with Gasteiger partial charge in [-0.05, 0) is 78.9 Å². The monoisotopic (exact) mass is 647 g/mol. The molecule has 2 unspecified atom stereocenters. The van der Waals surface area contributed by atoms with Gasteiger partial charge in [0.1, 0.15) is 22.6 Å². The molecule has 2 aliphatic rings. The van der Waals surface area contributed by atoms with Crippen molar-refractivity contribution in [2.24, 2.45) is 5.92 Å². The van der Waals surface area contributed by atoms with Crippen LogP contribution in [0, 0.1) is 12.8 Å². The minimum atomic E-state index is -1.01. The Labute approximate surface area is 277 Å². The molecule has 1 aliphatic heterocycles. The molecule has 1 fully saturated rings. The van der Waals surface area contributed by atoms with Crippen LogP contribution in [0.1, 0.15) is 59.1 Å². The van der Waals surface area contributed by atoms with E-state index in [1.165, 1.54) is 6.20 Å². The number of benzene rings is 2. The van der Waals surface area contributed by atoms with Crippen LogP contribution in [0.2, 0.25) is 5.02 Å². The highest BCUT2D eigenvalue weighted by Crippen LogP contribution is 2.46. The number of fused-ring (bicyclic) bond motifs is 2. The van der Waals surface area contributed by atoms with E-state index < -0.39 is 17.6 Å². The molecule has 9 nitrogen and oxygen atoms in total. The number of anilines is 1. The summed E-state index contributed by atoms with van der Waals surface area (Å²) in [5.74, 6) is -0.0838. The number of allylic oxidation sites excluding steroid dienone is 2. The number of hydrogen-bond donors (Lipinski definition) is 2. The summed E-state index contributed by atoms with van der Waals surface area (Å²) >= 11 is 6.86. The first kappa shape index (κ1) is 30.8. The molecule has 5 aromatic rings. The predicted molar refractivity (Wildman–Crippen MR) is 182 cm³/mol. The number of nitrogens with zero attached hydrogens (tertiary/aromatic N) is 4. The maximum atomic E-state index is 12.0. The minimum absolute atomic E-state index is 0.198. The fourth-order valence-electron chi connectivity index (χ4n) is 6.96. The number of carboxylic acids is 1. The molecule has 2 N–H and O–H groups in total. The van der Waals surface area contributed by atoms with Gasteiger partial charge in [-0.2, -0.15) is 0 Å². The van der Waals surface area contributed by atoms with E-state index >= 15 is 0 Å².